The van der Waals surface area contributed by atoms with Gasteiger partial charge in [-0.2, -0.15) is 0 Å². The van der Waals surface area contributed by atoms with E-state index in [-0.39, 0.29) is 24.4 Å². The summed E-state index contributed by atoms with van der Waals surface area (Å²) in [6, 6.07) is 24.8. The van der Waals surface area contributed by atoms with Crippen LogP contribution in [0.15, 0.2) is 78.9 Å². The lowest BCUT2D eigenvalue weighted by molar-refractivity contribution is -0.128. The molecule has 3 aromatic rings. The molecule has 0 saturated heterocycles. The van der Waals surface area contributed by atoms with Gasteiger partial charge >= 0.3 is 0 Å². The number of rotatable bonds is 6. The topological polar surface area (TPSA) is 71.1 Å². The molecule has 7 heteroatoms. The van der Waals surface area contributed by atoms with E-state index in [1.54, 1.807) is 0 Å². The standard InChI is InChI=1S/C28H29N3O4/c1-2-16-29-28(33)26-17-30(21-12-6-9-15-25(21)35-26)18-27(32)31-22-13-7-8-14-24(22)34-19-23(31)20-10-4-3-5-11-20/h3-15,23,26H,2,16-19H2,1H3,(H,29,33)/t23-,26-/m1/s1. The molecule has 3 aromatic carbocycles. The summed E-state index contributed by atoms with van der Waals surface area (Å²) in [6.45, 7) is 3.36. The third kappa shape index (κ3) is 4.67. The zero-order valence-corrected chi connectivity index (χ0v) is 19.7. The SMILES string of the molecule is CCCNC(=O)[C@H]1CN(CC(=O)N2c3ccccc3OC[C@@H]2c2ccccc2)c2ccccc2O1. The summed E-state index contributed by atoms with van der Waals surface area (Å²) in [5, 5.41) is 2.91. The fraction of sp³-hybridized carbons (Fsp3) is 0.286. The van der Waals surface area contributed by atoms with Crippen LogP contribution in [-0.4, -0.2) is 44.2 Å². The van der Waals surface area contributed by atoms with Gasteiger partial charge in [0.15, 0.2) is 6.10 Å². The molecule has 0 unspecified atom stereocenters. The van der Waals surface area contributed by atoms with Gasteiger partial charge in [-0.25, -0.2) is 0 Å². The third-order valence-corrected chi connectivity index (χ3v) is 6.32. The Kier molecular flexibility index (Phi) is 6.57. The number of anilines is 2. The highest BCUT2D eigenvalue weighted by molar-refractivity contribution is 5.99. The van der Waals surface area contributed by atoms with Gasteiger partial charge in [0.2, 0.25) is 5.91 Å². The van der Waals surface area contributed by atoms with Crippen LogP contribution in [-0.2, 0) is 9.59 Å². The quantitative estimate of drug-likeness (QED) is 0.590. The molecule has 35 heavy (non-hydrogen) atoms. The number of hydrogen-bond acceptors (Lipinski definition) is 5. The maximum absolute atomic E-state index is 14.0. The van der Waals surface area contributed by atoms with E-state index in [0.717, 1.165) is 23.4 Å². The Bertz CT molecular complexity index is 1200. The Labute approximate surface area is 205 Å². The van der Waals surface area contributed by atoms with Crippen molar-refractivity contribution in [3.8, 4) is 11.5 Å². The van der Waals surface area contributed by atoms with E-state index in [9.17, 15) is 9.59 Å². The van der Waals surface area contributed by atoms with Crippen LogP contribution >= 0.6 is 0 Å². The number of ether oxygens (including phenoxy) is 2. The lowest BCUT2D eigenvalue weighted by Gasteiger charge is -2.40. The summed E-state index contributed by atoms with van der Waals surface area (Å²) in [6.07, 6.45) is 0.153. The highest BCUT2D eigenvalue weighted by Crippen LogP contribution is 2.40. The normalized spacial score (nSPS) is 18.5. The van der Waals surface area contributed by atoms with Crippen molar-refractivity contribution in [1.82, 2.24) is 5.32 Å². The molecule has 0 saturated carbocycles. The molecule has 2 aliphatic heterocycles. The van der Waals surface area contributed by atoms with Gasteiger partial charge in [0.25, 0.3) is 5.91 Å². The van der Waals surface area contributed by atoms with E-state index in [4.69, 9.17) is 9.47 Å². The van der Waals surface area contributed by atoms with Crippen LogP contribution in [0.1, 0.15) is 24.9 Å². The molecule has 0 fully saturated rings. The summed E-state index contributed by atoms with van der Waals surface area (Å²) >= 11 is 0. The first-order chi connectivity index (χ1) is 17.2. The Morgan fingerprint density at radius 3 is 2.37 bits per heavy atom. The zero-order chi connectivity index (χ0) is 24.2. The summed E-state index contributed by atoms with van der Waals surface area (Å²) < 4.78 is 12.0. The lowest BCUT2D eigenvalue weighted by atomic mass is 10.0. The molecule has 2 aliphatic rings. The smallest absolute Gasteiger partial charge is 0.262 e. The molecule has 1 N–H and O–H groups in total. The molecule has 0 radical (unpaired) electrons. The first-order valence-corrected chi connectivity index (χ1v) is 12.0. The van der Waals surface area contributed by atoms with Crippen molar-refractivity contribution in [1.29, 1.82) is 0 Å². The van der Waals surface area contributed by atoms with Gasteiger partial charge in [-0.3, -0.25) is 14.5 Å². The van der Waals surface area contributed by atoms with Gasteiger partial charge in [0.1, 0.15) is 18.1 Å². The van der Waals surface area contributed by atoms with Crippen molar-refractivity contribution in [2.24, 2.45) is 0 Å². The van der Waals surface area contributed by atoms with Crippen molar-refractivity contribution in [3.05, 3.63) is 84.4 Å². The van der Waals surface area contributed by atoms with Crippen LogP contribution in [0.25, 0.3) is 0 Å². The molecule has 180 valence electrons. The van der Waals surface area contributed by atoms with Crippen LogP contribution < -0.4 is 24.6 Å². The second kappa shape index (κ2) is 10.1. The Morgan fingerprint density at radius 2 is 1.60 bits per heavy atom. The fourth-order valence-corrected chi connectivity index (χ4v) is 4.61. The van der Waals surface area contributed by atoms with Crippen molar-refractivity contribution < 1.29 is 19.1 Å². The highest BCUT2D eigenvalue weighted by Gasteiger charge is 2.36. The number of hydrogen-bond donors (Lipinski definition) is 1. The molecule has 0 bridgehead atoms. The average Bonchev–Trinajstić information content (AvgIpc) is 2.91. The van der Waals surface area contributed by atoms with Crippen molar-refractivity contribution in [2.75, 3.05) is 36.0 Å². The Balaban J connectivity index is 1.45. The number of carbonyl (C=O) groups is 2. The first-order valence-electron chi connectivity index (χ1n) is 12.0. The maximum Gasteiger partial charge on any atom is 0.262 e. The van der Waals surface area contributed by atoms with Crippen molar-refractivity contribution in [2.45, 2.75) is 25.5 Å². The van der Waals surface area contributed by atoms with E-state index in [1.807, 2.05) is 95.6 Å². The number of nitrogens with zero attached hydrogens (tertiary/aromatic N) is 2. The third-order valence-electron chi connectivity index (χ3n) is 6.32. The molecule has 0 aliphatic carbocycles. The minimum atomic E-state index is -0.689. The van der Waals surface area contributed by atoms with Crippen molar-refractivity contribution in [3.63, 3.8) is 0 Å². The number of carbonyl (C=O) groups excluding carboxylic acids is 2. The summed E-state index contributed by atoms with van der Waals surface area (Å²) in [5.41, 5.74) is 2.56. The van der Waals surface area contributed by atoms with Gasteiger partial charge in [0, 0.05) is 6.54 Å². The summed E-state index contributed by atoms with van der Waals surface area (Å²) in [5.74, 6) is 1.05. The van der Waals surface area contributed by atoms with Crippen LogP contribution in [0.2, 0.25) is 0 Å². The van der Waals surface area contributed by atoms with Crippen LogP contribution in [0.3, 0.4) is 0 Å². The molecule has 0 aromatic heterocycles. The van der Waals surface area contributed by atoms with E-state index in [0.29, 0.717) is 31.2 Å². The van der Waals surface area contributed by atoms with Crippen LogP contribution in [0.5, 0.6) is 11.5 Å². The molecular weight excluding hydrogens is 442 g/mol. The Morgan fingerprint density at radius 1 is 0.914 bits per heavy atom. The first kappa shape index (κ1) is 22.8. The van der Waals surface area contributed by atoms with E-state index < -0.39 is 6.10 Å². The van der Waals surface area contributed by atoms with Crippen LogP contribution in [0, 0.1) is 0 Å². The van der Waals surface area contributed by atoms with Gasteiger partial charge < -0.3 is 19.7 Å². The minimum absolute atomic E-state index is 0.0703. The molecule has 2 heterocycles. The number of benzene rings is 3. The van der Waals surface area contributed by atoms with Crippen molar-refractivity contribution >= 4 is 23.2 Å². The average molecular weight is 472 g/mol. The van der Waals surface area contributed by atoms with Gasteiger partial charge in [-0.1, -0.05) is 61.5 Å². The van der Waals surface area contributed by atoms with Crippen LogP contribution in [0.4, 0.5) is 11.4 Å². The largest absolute Gasteiger partial charge is 0.489 e. The monoisotopic (exact) mass is 471 g/mol. The lowest BCUT2D eigenvalue weighted by Crippen LogP contribution is -2.52. The second-order valence-electron chi connectivity index (χ2n) is 8.71. The zero-order valence-electron chi connectivity index (χ0n) is 19.7. The van der Waals surface area contributed by atoms with E-state index >= 15 is 0 Å². The molecule has 7 nitrogen and oxygen atoms in total. The molecule has 0 spiro atoms. The molecule has 2 amide bonds. The van der Waals surface area contributed by atoms with Gasteiger partial charge in [-0.15, -0.1) is 0 Å². The van der Waals surface area contributed by atoms with E-state index in [1.165, 1.54) is 0 Å². The molecular formula is C28H29N3O4. The Hall–Kier alpha value is -4.00. The predicted octanol–water partition coefficient (Wildman–Crippen LogP) is 3.95. The van der Waals surface area contributed by atoms with E-state index in [2.05, 4.69) is 5.32 Å². The maximum atomic E-state index is 14.0. The number of para-hydroxylation sites is 4. The fourth-order valence-electron chi connectivity index (χ4n) is 4.61. The number of amides is 2. The van der Waals surface area contributed by atoms with Gasteiger partial charge in [-0.05, 0) is 36.2 Å². The number of fused-ring (bicyclic) bond motifs is 2. The number of nitrogens with one attached hydrogen (secondary N) is 1. The molecule has 5 rings (SSSR count). The summed E-state index contributed by atoms with van der Waals surface area (Å²) in [7, 11) is 0. The second-order valence-corrected chi connectivity index (χ2v) is 8.71. The highest BCUT2D eigenvalue weighted by atomic mass is 16.5. The summed E-state index contributed by atoms with van der Waals surface area (Å²) in [4.78, 5) is 30.5. The predicted molar refractivity (Wildman–Crippen MR) is 135 cm³/mol. The van der Waals surface area contributed by atoms with Gasteiger partial charge in [0.05, 0.1) is 30.5 Å². The minimum Gasteiger partial charge on any atom is -0.489 e. The molecule has 2 atom stereocenters.